The molecule has 10 aromatic carbocycles. The minimum absolute atomic E-state index is 0. The Morgan fingerprint density at radius 3 is 1.92 bits per heavy atom. The number of rotatable bonds is 6. The molecule has 0 fully saturated rings. The molecule has 6 nitrogen and oxygen atoms in total. The van der Waals surface area contributed by atoms with E-state index >= 15 is 0 Å². The molecule has 1 aliphatic heterocycles. The third-order valence-electron chi connectivity index (χ3n) is 15.1. The SMILES string of the molecule is CC(C)(C)c1ccnc(-n2c3[c-]c(Oc4[c-]c(-n5[c-][n+]6c7c(cccc75)-c5ccccc5-c5ccccc5-c5ccc7oc8c(-c9ccccc9)cc(-c9ccccc9)cc8c7c5-6)ccc4)ccc3c3ccccc32)c1.[Pt]. The van der Waals surface area contributed by atoms with Gasteiger partial charge in [0, 0.05) is 60.6 Å². The minimum atomic E-state index is -0.0492. The number of hydrogen-bond acceptors (Lipinski definition) is 3. The van der Waals surface area contributed by atoms with Gasteiger partial charge in [0.2, 0.25) is 0 Å². The maximum Gasteiger partial charge on any atom is 0.268 e. The second-order valence-electron chi connectivity index (χ2n) is 20.7. The number of para-hydroxylation sites is 2. The summed E-state index contributed by atoms with van der Waals surface area (Å²) >= 11 is 0. The first-order chi connectivity index (χ1) is 37.3. The molecule has 14 aromatic rings. The molecule has 1 aliphatic rings. The second-order valence-corrected chi connectivity index (χ2v) is 20.7. The number of aromatic nitrogens is 4. The predicted octanol–water partition coefficient (Wildman–Crippen LogP) is 17.4. The first-order valence-electron chi connectivity index (χ1n) is 25.8. The number of hydrogen-bond donors (Lipinski definition) is 0. The molecule has 4 aromatic heterocycles. The molecular formula is C70H46N4O2Pt-2. The van der Waals surface area contributed by atoms with Crippen LogP contribution < -0.4 is 9.30 Å². The zero-order chi connectivity index (χ0) is 50.6. The van der Waals surface area contributed by atoms with Crippen molar-refractivity contribution in [2.45, 2.75) is 26.2 Å². The van der Waals surface area contributed by atoms with Gasteiger partial charge >= 0.3 is 0 Å². The Hall–Kier alpha value is -9.09. The van der Waals surface area contributed by atoms with Crippen LogP contribution in [0.3, 0.4) is 0 Å². The van der Waals surface area contributed by atoms with E-state index in [1.165, 1.54) is 5.56 Å². The van der Waals surface area contributed by atoms with Crippen LogP contribution in [0.2, 0.25) is 0 Å². The molecule has 0 saturated carbocycles. The van der Waals surface area contributed by atoms with E-state index in [2.05, 4.69) is 253 Å². The minimum Gasteiger partial charge on any atom is -0.510 e. The van der Waals surface area contributed by atoms with Crippen molar-refractivity contribution in [1.29, 1.82) is 0 Å². The summed E-state index contributed by atoms with van der Waals surface area (Å²) in [5, 5.41) is 4.22. The van der Waals surface area contributed by atoms with Gasteiger partial charge in [-0.3, -0.25) is 4.57 Å². The molecule has 15 rings (SSSR count). The van der Waals surface area contributed by atoms with Crippen LogP contribution in [0, 0.1) is 18.5 Å². The average Bonchev–Trinajstić information content (AvgIpc) is 4.38. The number of furan rings is 1. The van der Waals surface area contributed by atoms with Crippen molar-refractivity contribution in [3.05, 3.63) is 249 Å². The van der Waals surface area contributed by atoms with Gasteiger partial charge in [-0.05, 0) is 109 Å². The molecule has 7 heteroatoms. The zero-order valence-corrected chi connectivity index (χ0v) is 44.6. The van der Waals surface area contributed by atoms with Crippen LogP contribution in [0.25, 0.3) is 128 Å². The number of benzene rings is 10. The molecule has 0 bridgehead atoms. The Balaban J connectivity index is 0.00000540. The van der Waals surface area contributed by atoms with Gasteiger partial charge in [0.25, 0.3) is 6.33 Å². The van der Waals surface area contributed by atoms with Crippen LogP contribution in [0.1, 0.15) is 26.3 Å². The monoisotopic (exact) mass is 1170 g/mol. The average molecular weight is 1170 g/mol. The van der Waals surface area contributed by atoms with Gasteiger partial charge in [0.15, 0.2) is 0 Å². The number of pyridine rings is 1. The Kier molecular flexibility index (Phi) is 10.9. The summed E-state index contributed by atoms with van der Waals surface area (Å²) in [6, 6.07) is 84.5. The van der Waals surface area contributed by atoms with Crippen molar-refractivity contribution in [2.24, 2.45) is 0 Å². The second kappa shape index (κ2) is 18.0. The Morgan fingerprint density at radius 2 is 1.16 bits per heavy atom. The molecule has 0 amide bonds. The zero-order valence-electron chi connectivity index (χ0n) is 42.3. The topological polar surface area (TPSA) is 49.0 Å². The van der Waals surface area contributed by atoms with Crippen molar-refractivity contribution in [1.82, 2.24) is 14.1 Å². The molecule has 0 unspecified atom stereocenters. The Labute approximate surface area is 460 Å². The van der Waals surface area contributed by atoms with E-state index in [1.54, 1.807) is 0 Å². The summed E-state index contributed by atoms with van der Waals surface area (Å²) in [6.07, 6.45) is 5.86. The van der Waals surface area contributed by atoms with E-state index < -0.39 is 0 Å². The Bertz CT molecular complexity index is 4660. The van der Waals surface area contributed by atoms with E-state index in [0.717, 1.165) is 128 Å². The molecule has 0 spiro atoms. The number of ether oxygens (including phenoxy) is 1. The first kappa shape index (κ1) is 46.4. The molecule has 0 saturated heterocycles. The van der Waals surface area contributed by atoms with Gasteiger partial charge < -0.3 is 18.3 Å². The standard InChI is InChI=1S/C70H46N4O2.Pt/c1-70(2,3)47-36-37-71-65(40-47)74-61-30-15-14-28-55(61)56-33-32-50(42-63(56)74)75-49-23-16-22-48(41-49)72-43-73-67-57(29-17-31-62(67)72)53-26-12-10-24-51(53)52-25-11-13-27-54(52)58-34-35-64-66(68(58)73)60-39-46(44-18-6-4-7-19-44)38-59(69(60)76-64)45-20-8-5-9-21-45;/h4-40H,1-3H3;/q-2;. The van der Waals surface area contributed by atoms with Crippen LogP contribution in [-0.4, -0.2) is 14.1 Å². The molecule has 0 atom stereocenters. The molecule has 5 heterocycles. The fourth-order valence-electron chi connectivity index (χ4n) is 11.6. The third kappa shape index (κ3) is 7.50. The first-order valence-corrected chi connectivity index (χ1v) is 25.8. The number of fused-ring (bicyclic) bond motifs is 14. The molecule has 0 N–H and O–H groups in total. The summed E-state index contributed by atoms with van der Waals surface area (Å²) in [5.41, 5.74) is 19.5. The van der Waals surface area contributed by atoms with Crippen LogP contribution in [-0.2, 0) is 26.5 Å². The summed E-state index contributed by atoms with van der Waals surface area (Å²) < 4.78 is 20.5. The van der Waals surface area contributed by atoms with Gasteiger partial charge in [-0.2, -0.15) is 18.2 Å². The Morgan fingerprint density at radius 1 is 0.506 bits per heavy atom. The van der Waals surface area contributed by atoms with Crippen LogP contribution in [0.15, 0.2) is 229 Å². The van der Waals surface area contributed by atoms with Crippen molar-refractivity contribution >= 4 is 54.8 Å². The van der Waals surface area contributed by atoms with E-state index in [4.69, 9.17) is 14.1 Å². The molecule has 77 heavy (non-hydrogen) atoms. The number of nitrogens with zero attached hydrogens (tertiary/aromatic N) is 4. The molecule has 0 radical (unpaired) electrons. The van der Waals surface area contributed by atoms with E-state index in [-0.39, 0.29) is 26.5 Å². The summed E-state index contributed by atoms with van der Waals surface area (Å²) in [6.45, 7) is 6.68. The largest absolute Gasteiger partial charge is 0.510 e. The number of imidazole rings is 1. The van der Waals surface area contributed by atoms with Gasteiger partial charge in [0.1, 0.15) is 17.0 Å². The smallest absolute Gasteiger partial charge is 0.268 e. The molecule has 0 aliphatic carbocycles. The maximum atomic E-state index is 7.13. The van der Waals surface area contributed by atoms with Crippen molar-refractivity contribution in [3.8, 4) is 84.3 Å². The summed E-state index contributed by atoms with van der Waals surface area (Å²) in [7, 11) is 0. The van der Waals surface area contributed by atoms with Crippen molar-refractivity contribution in [3.63, 3.8) is 0 Å². The normalized spacial score (nSPS) is 12.0. The van der Waals surface area contributed by atoms with E-state index in [9.17, 15) is 0 Å². The van der Waals surface area contributed by atoms with Crippen LogP contribution in [0.5, 0.6) is 11.5 Å². The molecular weight excluding hydrogens is 1120 g/mol. The van der Waals surface area contributed by atoms with Crippen LogP contribution >= 0.6 is 0 Å². The molecule has 370 valence electrons. The van der Waals surface area contributed by atoms with Gasteiger partial charge in [-0.15, -0.1) is 29.7 Å². The summed E-state index contributed by atoms with van der Waals surface area (Å²) in [5.74, 6) is 1.96. The van der Waals surface area contributed by atoms with E-state index in [0.29, 0.717) is 11.5 Å². The van der Waals surface area contributed by atoms with Crippen LogP contribution in [0.4, 0.5) is 0 Å². The van der Waals surface area contributed by atoms with Gasteiger partial charge in [-0.25, -0.2) is 4.98 Å². The quantitative estimate of drug-likeness (QED) is 0.123. The van der Waals surface area contributed by atoms with Gasteiger partial charge in [0.05, 0.1) is 16.7 Å². The fraction of sp³-hybridized carbons (Fsp3) is 0.0571. The van der Waals surface area contributed by atoms with E-state index in [1.807, 2.05) is 24.4 Å². The van der Waals surface area contributed by atoms with Gasteiger partial charge in [-0.1, -0.05) is 178 Å². The maximum absolute atomic E-state index is 7.13. The third-order valence-corrected chi connectivity index (χ3v) is 15.1. The van der Waals surface area contributed by atoms with Crippen molar-refractivity contribution in [2.75, 3.05) is 0 Å². The fourth-order valence-corrected chi connectivity index (χ4v) is 11.6. The summed E-state index contributed by atoms with van der Waals surface area (Å²) in [4.78, 5) is 4.90. The predicted molar refractivity (Wildman–Crippen MR) is 307 cm³/mol. The van der Waals surface area contributed by atoms with Crippen molar-refractivity contribution < 1.29 is 34.8 Å².